The monoisotopic (exact) mass is 456 g/mol. The molecule has 0 unspecified atom stereocenters. The van der Waals surface area contributed by atoms with Crippen molar-refractivity contribution in [3.63, 3.8) is 0 Å². The lowest BCUT2D eigenvalue weighted by molar-refractivity contribution is 0.321. The van der Waals surface area contributed by atoms with Crippen molar-refractivity contribution in [1.29, 1.82) is 0 Å². The minimum Gasteiger partial charge on any atom is -0.491 e. The lowest BCUT2D eigenvalue weighted by Crippen LogP contribution is -2.16. The molecule has 1 nitrogen and oxygen atoms in total. The van der Waals surface area contributed by atoms with Gasteiger partial charge in [-0.25, -0.2) is 13.2 Å². The lowest BCUT2D eigenvalue weighted by atomic mass is 9.76. The summed E-state index contributed by atoms with van der Waals surface area (Å²) in [6, 6.07) is 8.68. The Morgan fingerprint density at radius 3 is 1.94 bits per heavy atom. The fourth-order valence-corrected chi connectivity index (χ4v) is 5.54. The van der Waals surface area contributed by atoms with E-state index in [1.165, 1.54) is 6.07 Å². The smallest absolute Gasteiger partial charge is 0.165 e. The van der Waals surface area contributed by atoms with Gasteiger partial charge in [-0.1, -0.05) is 50.1 Å². The normalized spacial score (nSPS) is 26.0. The number of benzene rings is 2. The van der Waals surface area contributed by atoms with Gasteiger partial charge in [-0.3, -0.25) is 0 Å². The first-order chi connectivity index (χ1) is 16.0. The van der Waals surface area contributed by atoms with Crippen molar-refractivity contribution in [3.8, 4) is 5.75 Å². The minimum atomic E-state index is -0.630. The SMILES string of the molecule is CCOc1ccc(/C=C/C2CCC(c3ccc(C4CCC(C)CC4)c(F)c3F)CC2)cc1F. The Labute approximate surface area is 196 Å². The van der Waals surface area contributed by atoms with Crippen LogP contribution in [0.1, 0.15) is 93.7 Å². The Bertz CT molecular complexity index is 967. The molecule has 4 rings (SSSR count). The zero-order chi connectivity index (χ0) is 23.4. The molecule has 0 amide bonds. The molecule has 2 aromatic carbocycles. The van der Waals surface area contributed by atoms with Gasteiger partial charge in [0.2, 0.25) is 0 Å². The Kier molecular flexibility index (Phi) is 7.82. The number of halogens is 3. The van der Waals surface area contributed by atoms with Gasteiger partial charge >= 0.3 is 0 Å². The number of hydrogen-bond acceptors (Lipinski definition) is 1. The summed E-state index contributed by atoms with van der Waals surface area (Å²) in [6.45, 7) is 4.50. The van der Waals surface area contributed by atoms with Crippen LogP contribution in [0.25, 0.3) is 6.08 Å². The number of hydrogen-bond donors (Lipinski definition) is 0. The van der Waals surface area contributed by atoms with Crippen LogP contribution < -0.4 is 4.74 Å². The third-order valence-corrected chi connectivity index (χ3v) is 7.63. The maximum Gasteiger partial charge on any atom is 0.165 e. The average Bonchev–Trinajstić information content (AvgIpc) is 2.82. The summed E-state index contributed by atoms with van der Waals surface area (Å²) in [6.07, 6.45) is 11.7. The Morgan fingerprint density at radius 2 is 1.39 bits per heavy atom. The van der Waals surface area contributed by atoms with E-state index in [2.05, 4.69) is 13.0 Å². The van der Waals surface area contributed by atoms with E-state index < -0.39 is 11.6 Å². The van der Waals surface area contributed by atoms with Gasteiger partial charge in [0.25, 0.3) is 0 Å². The highest BCUT2D eigenvalue weighted by Crippen LogP contribution is 2.41. The van der Waals surface area contributed by atoms with E-state index in [0.29, 0.717) is 29.6 Å². The van der Waals surface area contributed by atoms with Crippen LogP contribution in [0.3, 0.4) is 0 Å². The van der Waals surface area contributed by atoms with Gasteiger partial charge < -0.3 is 4.74 Å². The molecular weight excluding hydrogens is 421 g/mol. The molecule has 2 aliphatic rings. The van der Waals surface area contributed by atoms with Crippen LogP contribution in [-0.2, 0) is 0 Å². The molecule has 178 valence electrons. The van der Waals surface area contributed by atoms with Gasteiger partial charge in [0.15, 0.2) is 23.2 Å². The molecule has 0 aliphatic heterocycles. The summed E-state index contributed by atoms with van der Waals surface area (Å²) in [5.41, 5.74) is 1.91. The standard InChI is InChI=1S/C29H35F3O/c1-3-33-27-17-10-21(18-26(27)30)7-6-20-8-13-23(14-9-20)25-16-15-24(28(31)29(25)32)22-11-4-19(2)5-12-22/h6-7,10,15-20,22-23H,3-5,8-9,11-14H2,1-2H3/b7-6+. The molecular formula is C29H35F3O. The van der Waals surface area contributed by atoms with Gasteiger partial charge in [0, 0.05) is 0 Å². The maximum absolute atomic E-state index is 15.0. The Hall–Kier alpha value is -2.23. The largest absolute Gasteiger partial charge is 0.491 e. The highest BCUT2D eigenvalue weighted by atomic mass is 19.2. The molecule has 4 heteroatoms. The van der Waals surface area contributed by atoms with Gasteiger partial charge in [0.05, 0.1) is 6.61 Å². The fourth-order valence-electron chi connectivity index (χ4n) is 5.54. The molecule has 0 spiro atoms. The highest BCUT2D eigenvalue weighted by Gasteiger charge is 2.28. The number of rotatable bonds is 6. The van der Waals surface area contributed by atoms with Crippen LogP contribution in [0.15, 0.2) is 36.4 Å². The first kappa shape index (κ1) is 23.9. The third kappa shape index (κ3) is 5.65. The molecule has 2 aromatic rings. The Balaban J connectivity index is 1.36. The first-order valence-electron chi connectivity index (χ1n) is 12.5. The molecule has 0 bridgehead atoms. The molecule has 0 radical (unpaired) electrons. The summed E-state index contributed by atoms with van der Waals surface area (Å²) in [5, 5.41) is 0. The van der Waals surface area contributed by atoms with Crippen LogP contribution >= 0.6 is 0 Å². The Morgan fingerprint density at radius 1 is 0.818 bits per heavy atom. The molecule has 0 heterocycles. The van der Waals surface area contributed by atoms with E-state index in [-0.39, 0.29) is 23.4 Å². The van der Waals surface area contributed by atoms with Crippen LogP contribution in [0.5, 0.6) is 5.75 Å². The molecule has 2 fully saturated rings. The molecule has 33 heavy (non-hydrogen) atoms. The zero-order valence-corrected chi connectivity index (χ0v) is 19.8. The first-order valence-corrected chi connectivity index (χ1v) is 12.5. The van der Waals surface area contributed by atoms with Gasteiger partial charge in [-0.05, 0) is 97.9 Å². The third-order valence-electron chi connectivity index (χ3n) is 7.63. The summed E-state index contributed by atoms with van der Waals surface area (Å²) in [5.74, 6) is -0.0644. The topological polar surface area (TPSA) is 9.23 Å². The van der Waals surface area contributed by atoms with Crippen molar-refractivity contribution in [2.75, 3.05) is 6.61 Å². The number of ether oxygens (including phenoxy) is 1. The second kappa shape index (κ2) is 10.8. The molecule has 0 N–H and O–H groups in total. The predicted molar refractivity (Wildman–Crippen MR) is 128 cm³/mol. The van der Waals surface area contributed by atoms with Crippen LogP contribution in [0.2, 0.25) is 0 Å². The minimum absolute atomic E-state index is 0.0625. The van der Waals surface area contributed by atoms with Crippen molar-refractivity contribution in [2.24, 2.45) is 11.8 Å². The molecule has 0 aromatic heterocycles. The van der Waals surface area contributed by atoms with Crippen molar-refractivity contribution < 1.29 is 17.9 Å². The molecule has 0 atom stereocenters. The van der Waals surface area contributed by atoms with Crippen molar-refractivity contribution in [2.45, 2.75) is 77.0 Å². The molecule has 0 saturated heterocycles. The molecule has 2 saturated carbocycles. The van der Waals surface area contributed by atoms with Gasteiger partial charge in [0.1, 0.15) is 0 Å². The van der Waals surface area contributed by atoms with E-state index in [4.69, 9.17) is 4.74 Å². The molecule has 2 aliphatic carbocycles. The maximum atomic E-state index is 15.0. The van der Waals surface area contributed by atoms with Crippen LogP contribution in [0, 0.1) is 29.3 Å². The van der Waals surface area contributed by atoms with Crippen LogP contribution in [-0.4, -0.2) is 6.61 Å². The summed E-state index contributed by atoms with van der Waals surface area (Å²) < 4.78 is 49.3. The van der Waals surface area contributed by atoms with E-state index >= 15 is 4.39 Å². The lowest BCUT2D eigenvalue weighted by Gasteiger charge is -2.29. The summed E-state index contributed by atoms with van der Waals surface area (Å²) in [4.78, 5) is 0. The van der Waals surface area contributed by atoms with Gasteiger partial charge in [-0.2, -0.15) is 0 Å². The second-order valence-electron chi connectivity index (χ2n) is 9.92. The highest BCUT2D eigenvalue weighted by molar-refractivity contribution is 5.51. The van der Waals surface area contributed by atoms with Crippen molar-refractivity contribution in [1.82, 2.24) is 0 Å². The number of allylic oxidation sites excluding steroid dienone is 1. The fraction of sp³-hybridized carbons (Fsp3) is 0.517. The van der Waals surface area contributed by atoms with E-state index in [0.717, 1.165) is 56.9 Å². The quantitative estimate of drug-likeness (QED) is 0.422. The van der Waals surface area contributed by atoms with Crippen molar-refractivity contribution in [3.05, 3.63) is 70.5 Å². The average molecular weight is 457 g/mol. The summed E-state index contributed by atoms with van der Waals surface area (Å²) in [7, 11) is 0. The summed E-state index contributed by atoms with van der Waals surface area (Å²) >= 11 is 0. The van der Waals surface area contributed by atoms with Crippen LogP contribution in [0.4, 0.5) is 13.2 Å². The van der Waals surface area contributed by atoms with Crippen molar-refractivity contribution >= 4 is 6.08 Å². The second-order valence-corrected chi connectivity index (χ2v) is 9.92. The van der Waals surface area contributed by atoms with Gasteiger partial charge in [-0.15, -0.1) is 0 Å². The van der Waals surface area contributed by atoms with E-state index in [1.807, 2.05) is 31.2 Å². The predicted octanol–water partition coefficient (Wildman–Crippen LogP) is 8.78. The van der Waals surface area contributed by atoms with E-state index in [9.17, 15) is 8.78 Å². The zero-order valence-electron chi connectivity index (χ0n) is 19.8. The van der Waals surface area contributed by atoms with E-state index in [1.54, 1.807) is 6.07 Å².